The molecule has 128 valence electrons. The molecule has 3 heterocycles. The van der Waals surface area contributed by atoms with Crippen LogP contribution in [0, 0.1) is 0 Å². The molecule has 0 fully saturated rings. The molecule has 0 aliphatic heterocycles. The fourth-order valence-corrected chi connectivity index (χ4v) is 3.55. The molecule has 26 heavy (non-hydrogen) atoms. The van der Waals surface area contributed by atoms with Gasteiger partial charge in [0, 0.05) is 17.0 Å². The van der Waals surface area contributed by atoms with Gasteiger partial charge < -0.3 is 10.1 Å². The van der Waals surface area contributed by atoms with Crippen LogP contribution in [0.2, 0.25) is 0 Å². The predicted octanol–water partition coefficient (Wildman–Crippen LogP) is 4.66. The summed E-state index contributed by atoms with van der Waals surface area (Å²) in [5.41, 5.74) is 1.67. The van der Waals surface area contributed by atoms with E-state index in [9.17, 15) is 4.79 Å². The van der Waals surface area contributed by atoms with Crippen molar-refractivity contribution in [2.75, 3.05) is 5.32 Å². The van der Waals surface area contributed by atoms with Crippen molar-refractivity contribution in [2.45, 2.75) is 6.42 Å². The summed E-state index contributed by atoms with van der Waals surface area (Å²) in [6, 6.07) is 15.2. The topological polar surface area (TPSA) is 64.1 Å². The number of nitrogens with one attached hydrogen (secondary N) is 1. The monoisotopic (exact) mass is 361 g/mol. The lowest BCUT2D eigenvalue weighted by Gasteiger charge is -2.07. The van der Waals surface area contributed by atoms with Crippen LogP contribution in [0.4, 0.5) is 5.69 Å². The van der Waals surface area contributed by atoms with Gasteiger partial charge in [0.2, 0.25) is 11.8 Å². The molecule has 0 radical (unpaired) electrons. The number of anilines is 1. The number of carbonyl (C=O) groups excluding carboxylic acids is 1. The average Bonchev–Trinajstić information content (AvgIpc) is 3.07. The zero-order valence-corrected chi connectivity index (χ0v) is 14.6. The number of aromatic nitrogens is 2. The van der Waals surface area contributed by atoms with Crippen LogP contribution >= 0.6 is 11.3 Å². The summed E-state index contributed by atoms with van der Waals surface area (Å²) < 4.78 is 6.78. The number of hydrogen-bond acceptors (Lipinski definition) is 5. The van der Waals surface area contributed by atoms with E-state index in [0.29, 0.717) is 23.7 Å². The van der Waals surface area contributed by atoms with E-state index in [1.807, 2.05) is 23.6 Å². The molecule has 5 nitrogen and oxygen atoms in total. The quantitative estimate of drug-likeness (QED) is 0.561. The maximum Gasteiger partial charge on any atom is 0.228 e. The molecule has 1 N–H and O–H groups in total. The molecule has 0 spiro atoms. The van der Waals surface area contributed by atoms with Gasteiger partial charge in [-0.2, -0.15) is 0 Å². The van der Waals surface area contributed by atoms with Crippen molar-refractivity contribution in [2.24, 2.45) is 0 Å². The van der Waals surface area contributed by atoms with Crippen LogP contribution in [0.15, 0.2) is 72.5 Å². The molecule has 4 aromatic rings. The van der Waals surface area contributed by atoms with Crippen molar-refractivity contribution < 1.29 is 9.53 Å². The Morgan fingerprint density at radius 3 is 2.81 bits per heavy atom. The molecule has 0 aliphatic carbocycles. The lowest BCUT2D eigenvalue weighted by atomic mass is 10.1. The average molecular weight is 361 g/mol. The van der Waals surface area contributed by atoms with Crippen molar-refractivity contribution in [1.29, 1.82) is 0 Å². The minimum Gasteiger partial charge on any atom is -0.437 e. The Morgan fingerprint density at radius 1 is 1.08 bits per heavy atom. The number of pyridine rings is 2. The number of nitrogens with zero attached hydrogens (tertiary/aromatic N) is 2. The highest BCUT2D eigenvalue weighted by Crippen LogP contribution is 2.26. The van der Waals surface area contributed by atoms with E-state index < -0.39 is 0 Å². The number of thiophene rings is 1. The first-order chi connectivity index (χ1) is 12.8. The first kappa shape index (κ1) is 16.2. The first-order valence-electron chi connectivity index (χ1n) is 8.07. The number of benzene rings is 1. The number of rotatable bonds is 5. The fourth-order valence-electron chi connectivity index (χ4n) is 2.59. The van der Waals surface area contributed by atoms with Gasteiger partial charge in [-0.05, 0) is 40.6 Å². The van der Waals surface area contributed by atoms with Gasteiger partial charge in [-0.15, -0.1) is 11.3 Å². The Bertz CT molecular complexity index is 1030. The van der Waals surface area contributed by atoms with Crippen LogP contribution in [-0.2, 0) is 11.2 Å². The van der Waals surface area contributed by atoms with Gasteiger partial charge in [0.15, 0.2) is 0 Å². The molecular formula is C20H15N3O2S. The molecule has 0 unspecified atom stereocenters. The maximum atomic E-state index is 12.3. The van der Waals surface area contributed by atoms with E-state index >= 15 is 0 Å². The Balaban J connectivity index is 1.40. The molecule has 0 atom stereocenters. The molecule has 0 aliphatic rings. The highest BCUT2D eigenvalue weighted by Gasteiger charge is 2.09. The minimum absolute atomic E-state index is 0.0729. The van der Waals surface area contributed by atoms with E-state index in [2.05, 4.69) is 21.4 Å². The largest absolute Gasteiger partial charge is 0.437 e. The lowest BCUT2D eigenvalue weighted by molar-refractivity contribution is -0.115. The zero-order chi connectivity index (χ0) is 17.8. The van der Waals surface area contributed by atoms with Gasteiger partial charge in [-0.1, -0.05) is 18.2 Å². The van der Waals surface area contributed by atoms with Gasteiger partial charge in [0.25, 0.3) is 0 Å². The molecule has 3 aromatic heterocycles. The first-order valence-corrected chi connectivity index (χ1v) is 8.95. The Hall–Kier alpha value is -3.25. The van der Waals surface area contributed by atoms with Gasteiger partial charge in [0.05, 0.1) is 24.5 Å². The summed E-state index contributed by atoms with van der Waals surface area (Å²) in [6.07, 6.45) is 5.20. The number of fused-ring (bicyclic) bond motifs is 1. The van der Waals surface area contributed by atoms with Crippen molar-refractivity contribution >= 4 is 33.0 Å². The molecule has 0 bridgehead atoms. The van der Waals surface area contributed by atoms with Crippen LogP contribution in [0.25, 0.3) is 10.1 Å². The second-order valence-corrected chi connectivity index (χ2v) is 6.57. The van der Waals surface area contributed by atoms with Crippen molar-refractivity contribution in [3.63, 3.8) is 0 Å². The van der Waals surface area contributed by atoms with Crippen LogP contribution in [-0.4, -0.2) is 15.9 Å². The predicted molar refractivity (Wildman–Crippen MR) is 103 cm³/mol. The van der Waals surface area contributed by atoms with Crippen molar-refractivity contribution in [1.82, 2.24) is 9.97 Å². The van der Waals surface area contributed by atoms with Crippen LogP contribution < -0.4 is 10.1 Å². The molecular weight excluding hydrogens is 346 g/mol. The third kappa shape index (κ3) is 3.70. The molecule has 1 aromatic carbocycles. The standard InChI is InChI=1S/C20H15N3O2S/c24-19(10-14-13-26-18-6-2-1-5-17(14)18)23-15-7-8-20(22-11-15)25-16-4-3-9-21-12-16/h1-9,11-13H,10H2,(H,23,24). The normalized spacial score (nSPS) is 10.6. The molecule has 0 saturated carbocycles. The highest BCUT2D eigenvalue weighted by molar-refractivity contribution is 7.17. The zero-order valence-electron chi connectivity index (χ0n) is 13.8. The SMILES string of the molecule is O=C(Cc1csc2ccccc12)Nc1ccc(Oc2cccnc2)nc1. The van der Waals surface area contributed by atoms with Gasteiger partial charge in [0.1, 0.15) is 5.75 Å². The van der Waals surface area contributed by atoms with E-state index in [4.69, 9.17) is 4.74 Å². The summed E-state index contributed by atoms with van der Waals surface area (Å²) in [5.74, 6) is 0.984. The smallest absolute Gasteiger partial charge is 0.228 e. The molecule has 6 heteroatoms. The molecule has 4 rings (SSSR count). The van der Waals surface area contributed by atoms with Gasteiger partial charge in [-0.3, -0.25) is 9.78 Å². The summed E-state index contributed by atoms with van der Waals surface area (Å²) in [5, 5.41) is 6.04. The third-order valence-electron chi connectivity index (χ3n) is 3.79. The second-order valence-electron chi connectivity index (χ2n) is 5.66. The van der Waals surface area contributed by atoms with Crippen LogP contribution in [0.5, 0.6) is 11.6 Å². The number of amides is 1. The van der Waals surface area contributed by atoms with E-state index in [0.717, 1.165) is 10.9 Å². The van der Waals surface area contributed by atoms with Gasteiger partial charge in [-0.25, -0.2) is 4.98 Å². The second kappa shape index (κ2) is 7.33. The fraction of sp³-hybridized carbons (Fsp3) is 0.0500. The Labute approximate surface area is 154 Å². The number of hydrogen-bond donors (Lipinski definition) is 1. The number of carbonyl (C=O) groups is 1. The Morgan fingerprint density at radius 2 is 2.00 bits per heavy atom. The third-order valence-corrected chi connectivity index (χ3v) is 4.80. The minimum atomic E-state index is -0.0729. The lowest BCUT2D eigenvalue weighted by Crippen LogP contribution is -2.14. The van der Waals surface area contributed by atoms with Crippen molar-refractivity contribution in [3.05, 3.63) is 78.1 Å². The number of ether oxygens (including phenoxy) is 1. The molecule has 1 amide bonds. The Kier molecular flexibility index (Phi) is 4.57. The summed E-state index contributed by atoms with van der Waals surface area (Å²) >= 11 is 1.65. The van der Waals surface area contributed by atoms with E-state index in [1.54, 1.807) is 54.2 Å². The van der Waals surface area contributed by atoms with Gasteiger partial charge >= 0.3 is 0 Å². The summed E-state index contributed by atoms with van der Waals surface area (Å²) in [6.45, 7) is 0. The molecule has 0 saturated heterocycles. The summed E-state index contributed by atoms with van der Waals surface area (Å²) in [4.78, 5) is 20.5. The van der Waals surface area contributed by atoms with Crippen molar-refractivity contribution in [3.8, 4) is 11.6 Å². The van der Waals surface area contributed by atoms with Crippen LogP contribution in [0.1, 0.15) is 5.56 Å². The maximum absolute atomic E-state index is 12.3. The van der Waals surface area contributed by atoms with Crippen LogP contribution in [0.3, 0.4) is 0 Å². The summed E-state index contributed by atoms with van der Waals surface area (Å²) in [7, 11) is 0. The highest BCUT2D eigenvalue weighted by atomic mass is 32.1. The van der Waals surface area contributed by atoms with E-state index in [-0.39, 0.29) is 5.91 Å². The van der Waals surface area contributed by atoms with E-state index in [1.165, 1.54) is 4.70 Å².